The number of hydrogen-bond donors (Lipinski definition) is 2. The molecule has 1 aromatic heterocycles. The number of amidine groups is 1. The SMILES string of the molecule is CCC(C)c1ccc(Oc2cnc(C(=N)N)cn2)cc1. The fourth-order valence-corrected chi connectivity index (χ4v) is 1.73. The van der Waals surface area contributed by atoms with E-state index in [9.17, 15) is 0 Å². The summed E-state index contributed by atoms with van der Waals surface area (Å²) >= 11 is 0. The van der Waals surface area contributed by atoms with Gasteiger partial charge in [-0.2, -0.15) is 0 Å². The van der Waals surface area contributed by atoms with Crippen LogP contribution in [-0.2, 0) is 0 Å². The highest BCUT2D eigenvalue weighted by molar-refractivity contribution is 5.92. The molecule has 0 radical (unpaired) electrons. The van der Waals surface area contributed by atoms with E-state index in [1.807, 2.05) is 12.1 Å². The second-order valence-corrected chi connectivity index (χ2v) is 4.63. The van der Waals surface area contributed by atoms with Crippen LogP contribution >= 0.6 is 0 Å². The number of hydrogen-bond acceptors (Lipinski definition) is 4. The minimum Gasteiger partial charge on any atom is -0.438 e. The molecule has 1 heterocycles. The van der Waals surface area contributed by atoms with Crippen LogP contribution < -0.4 is 10.5 Å². The van der Waals surface area contributed by atoms with Gasteiger partial charge < -0.3 is 10.5 Å². The Hall–Kier alpha value is -2.43. The van der Waals surface area contributed by atoms with Crippen molar-refractivity contribution in [1.29, 1.82) is 5.41 Å². The summed E-state index contributed by atoms with van der Waals surface area (Å²) in [4.78, 5) is 8.06. The molecular formula is C15H18N4O. The summed E-state index contributed by atoms with van der Waals surface area (Å²) < 4.78 is 5.60. The van der Waals surface area contributed by atoms with Crippen LogP contribution in [-0.4, -0.2) is 15.8 Å². The maximum Gasteiger partial charge on any atom is 0.237 e. The molecule has 1 unspecified atom stereocenters. The Bertz CT molecular complexity index is 578. The summed E-state index contributed by atoms with van der Waals surface area (Å²) in [6.07, 6.45) is 3.99. The van der Waals surface area contributed by atoms with Gasteiger partial charge in [-0.1, -0.05) is 26.0 Å². The van der Waals surface area contributed by atoms with E-state index in [2.05, 4.69) is 35.9 Å². The molecule has 0 fully saturated rings. The number of nitrogen functional groups attached to an aromatic ring is 1. The number of aromatic nitrogens is 2. The molecule has 0 saturated heterocycles. The van der Waals surface area contributed by atoms with Crippen LogP contribution in [0.5, 0.6) is 11.6 Å². The Morgan fingerprint density at radius 2 is 1.95 bits per heavy atom. The van der Waals surface area contributed by atoms with Crippen molar-refractivity contribution >= 4 is 5.84 Å². The lowest BCUT2D eigenvalue weighted by Crippen LogP contribution is -2.13. The molecule has 20 heavy (non-hydrogen) atoms. The normalized spacial score (nSPS) is 11.9. The monoisotopic (exact) mass is 270 g/mol. The van der Waals surface area contributed by atoms with E-state index in [0.717, 1.165) is 6.42 Å². The van der Waals surface area contributed by atoms with E-state index >= 15 is 0 Å². The van der Waals surface area contributed by atoms with E-state index in [1.165, 1.54) is 18.0 Å². The lowest BCUT2D eigenvalue weighted by Gasteiger charge is -2.10. The summed E-state index contributed by atoms with van der Waals surface area (Å²) in [6, 6.07) is 7.95. The van der Waals surface area contributed by atoms with Gasteiger partial charge in [0.15, 0.2) is 0 Å². The summed E-state index contributed by atoms with van der Waals surface area (Å²) in [6.45, 7) is 4.36. The first-order chi connectivity index (χ1) is 9.60. The zero-order valence-electron chi connectivity index (χ0n) is 11.6. The van der Waals surface area contributed by atoms with Gasteiger partial charge >= 0.3 is 0 Å². The maximum atomic E-state index is 7.24. The van der Waals surface area contributed by atoms with Crippen molar-refractivity contribution in [2.45, 2.75) is 26.2 Å². The second kappa shape index (κ2) is 6.14. The van der Waals surface area contributed by atoms with Gasteiger partial charge in [0.1, 0.15) is 17.3 Å². The Morgan fingerprint density at radius 1 is 1.25 bits per heavy atom. The summed E-state index contributed by atoms with van der Waals surface area (Å²) in [5.74, 6) is 1.52. The average molecular weight is 270 g/mol. The third-order valence-corrected chi connectivity index (χ3v) is 3.19. The van der Waals surface area contributed by atoms with Crippen LogP contribution in [0.15, 0.2) is 36.7 Å². The highest BCUT2D eigenvalue weighted by Gasteiger charge is 2.05. The van der Waals surface area contributed by atoms with Crippen molar-refractivity contribution in [3.63, 3.8) is 0 Å². The van der Waals surface area contributed by atoms with Crippen LogP contribution in [0.1, 0.15) is 37.4 Å². The number of nitrogens with one attached hydrogen (secondary N) is 1. The molecule has 0 aliphatic carbocycles. The quantitative estimate of drug-likeness (QED) is 0.646. The third-order valence-electron chi connectivity index (χ3n) is 3.19. The van der Waals surface area contributed by atoms with Crippen molar-refractivity contribution < 1.29 is 4.74 Å². The topological polar surface area (TPSA) is 84.9 Å². The first-order valence-electron chi connectivity index (χ1n) is 6.54. The number of ether oxygens (including phenoxy) is 1. The summed E-state index contributed by atoms with van der Waals surface area (Å²) in [7, 11) is 0. The Balaban J connectivity index is 2.08. The maximum absolute atomic E-state index is 7.24. The molecule has 5 nitrogen and oxygen atoms in total. The second-order valence-electron chi connectivity index (χ2n) is 4.63. The van der Waals surface area contributed by atoms with Crippen molar-refractivity contribution in [3.8, 4) is 11.6 Å². The van der Waals surface area contributed by atoms with E-state index in [-0.39, 0.29) is 5.84 Å². The smallest absolute Gasteiger partial charge is 0.237 e. The highest BCUT2D eigenvalue weighted by atomic mass is 16.5. The van der Waals surface area contributed by atoms with Gasteiger partial charge in [-0.15, -0.1) is 0 Å². The minimum absolute atomic E-state index is 0.109. The van der Waals surface area contributed by atoms with Crippen molar-refractivity contribution in [2.75, 3.05) is 0 Å². The van der Waals surface area contributed by atoms with Gasteiger partial charge in [-0.05, 0) is 30.0 Å². The first kappa shape index (κ1) is 14.0. The van der Waals surface area contributed by atoms with Crippen LogP contribution in [0, 0.1) is 5.41 Å². The Kier molecular flexibility index (Phi) is 4.30. The standard InChI is InChI=1S/C15H18N4O/c1-3-10(2)11-4-6-12(7-5-11)20-14-9-18-13(8-19-14)15(16)17/h4-10H,3H2,1-2H3,(H3,16,17). The van der Waals surface area contributed by atoms with Crippen LogP contribution in [0.25, 0.3) is 0 Å². The molecule has 5 heteroatoms. The molecular weight excluding hydrogens is 252 g/mol. The van der Waals surface area contributed by atoms with E-state index in [1.54, 1.807) is 0 Å². The molecule has 2 rings (SSSR count). The molecule has 0 bridgehead atoms. The van der Waals surface area contributed by atoms with Crippen molar-refractivity contribution in [2.24, 2.45) is 5.73 Å². The van der Waals surface area contributed by atoms with Crippen molar-refractivity contribution in [1.82, 2.24) is 9.97 Å². The fraction of sp³-hybridized carbons (Fsp3) is 0.267. The highest BCUT2D eigenvalue weighted by Crippen LogP contribution is 2.23. The molecule has 104 valence electrons. The lowest BCUT2D eigenvalue weighted by molar-refractivity contribution is 0.459. The number of nitrogens with two attached hydrogens (primary N) is 1. The van der Waals surface area contributed by atoms with Crippen LogP contribution in [0.4, 0.5) is 0 Å². The van der Waals surface area contributed by atoms with E-state index in [0.29, 0.717) is 23.2 Å². The molecule has 3 N–H and O–H groups in total. The summed E-state index contributed by atoms with van der Waals surface area (Å²) in [5.41, 5.74) is 6.94. The number of rotatable bonds is 5. The molecule has 2 aromatic rings. The average Bonchev–Trinajstić information content (AvgIpc) is 2.48. The zero-order valence-corrected chi connectivity index (χ0v) is 11.6. The van der Waals surface area contributed by atoms with Crippen molar-refractivity contribution in [3.05, 3.63) is 47.9 Å². The lowest BCUT2D eigenvalue weighted by atomic mass is 9.99. The van der Waals surface area contributed by atoms with Gasteiger partial charge in [0, 0.05) is 0 Å². The predicted molar refractivity (Wildman–Crippen MR) is 78.3 cm³/mol. The third kappa shape index (κ3) is 3.32. The molecule has 0 aliphatic rings. The van der Waals surface area contributed by atoms with Gasteiger partial charge in [-0.3, -0.25) is 5.41 Å². The largest absolute Gasteiger partial charge is 0.438 e. The fourth-order valence-electron chi connectivity index (χ4n) is 1.73. The molecule has 0 aliphatic heterocycles. The van der Waals surface area contributed by atoms with Crippen LogP contribution in [0.3, 0.4) is 0 Å². The molecule has 0 saturated carbocycles. The molecule has 1 atom stereocenters. The Labute approximate surface area is 118 Å². The summed E-state index contributed by atoms with van der Waals surface area (Å²) in [5, 5.41) is 7.24. The predicted octanol–water partition coefficient (Wildman–Crippen LogP) is 3.07. The van der Waals surface area contributed by atoms with Gasteiger partial charge in [-0.25, -0.2) is 9.97 Å². The molecule has 1 aromatic carbocycles. The van der Waals surface area contributed by atoms with E-state index < -0.39 is 0 Å². The van der Waals surface area contributed by atoms with Gasteiger partial charge in [0.25, 0.3) is 0 Å². The molecule has 0 amide bonds. The minimum atomic E-state index is -0.109. The first-order valence-corrected chi connectivity index (χ1v) is 6.54. The Morgan fingerprint density at radius 3 is 2.45 bits per heavy atom. The van der Waals surface area contributed by atoms with Crippen LogP contribution in [0.2, 0.25) is 0 Å². The number of benzene rings is 1. The van der Waals surface area contributed by atoms with Gasteiger partial charge in [0.2, 0.25) is 5.88 Å². The zero-order chi connectivity index (χ0) is 14.5. The molecule has 0 spiro atoms. The number of nitrogens with zero attached hydrogens (tertiary/aromatic N) is 2. The van der Waals surface area contributed by atoms with E-state index in [4.69, 9.17) is 15.9 Å². The van der Waals surface area contributed by atoms with Gasteiger partial charge in [0.05, 0.1) is 12.4 Å².